The maximum Gasteiger partial charge on any atom is 0.410 e. The SMILES string of the molecule is CC(C)(C)OC(=O)N1CCOC2(CCN(Cc3ccc(Cl)nn3)C2)C1. The van der Waals surface area contributed by atoms with Crippen molar-refractivity contribution in [1.29, 1.82) is 0 Å². The largest absolute Gasteiger partial charge is 0.444 e. The van der Waals surface area contributed by atoms with E-state index in [1.807, 2.05) is 26.8 Å². The summed E-state index contributed by atoms with van der Waals surface area (Å²) in [6.07, 6.45) is 0.616. The van der Waals surface area contributed by atoms with E-state index in [0.717, 1.165) is 25.2 Å². The van der Waals surface area contributed by atoms with Crippen LogP contribution < -0.4 is 0 Å². The van der Waals surface area contributed by atoms with Gasteiger partial charge in [0.15, 0.2) is 5.15 Å². The van der Waals surface area contributed by atoms with Gasteiger partial charge in [-0.15, -0.1) is 5.10 Å². The Labute approximate surface area is 153 Å². The van der Waals surface area contributed by atoms with E-state index in [1.54, 1.807) is 11.0 Å². The topological polar surface area (TPSA) is 67.8 Å². The second kappa shape index (κ2) is 7.05. The highest BCUT2D eigenvalue weighted by atomic mass is 35.5. The van der Waals surface area contributed by atoms with Crippen LogP contribution in [-0.4, -0.2) is 70.1 Å². The maximum atomic E-state index is 12.4. The van der Waals surface area contributed by atoms with Gasteiger partial charge in [-0.2, -0.15) is 5.10 Å². The number of carbonyl (C=O) groups excluding carboxylic acids is 1. The van der Waals surface area contributed by atoms with Gasteiger partial charge in [0, 0.05) is 26.2 Å². The number of ether oxygens (including phenoxy) is 2. The van der Waals surface area contributed by atoms with Gasteiger partial charge < -0.3 is 14.4 Å². The van der Waals surface area contributed by atoms with Crippen LogP contribution in [0, 0.1) is 0 Å². The van der Waals surface area contributed by atoms with Crippen molar-refractivity contribution in [3.8, 4) is 0 Å². The summed E-state index contributed by atoms with van der Waals surface area (Å²) in [5, 5.41) is 8.39. The maximum absolute atomic E-state index is 12.4. The summed E-state index contributed by atoms with van der Waals surface area (Å²) in [5.74, 6) is 0. The molecule has 1 amide bonds. The smallest absolute Gasteiger partial charge is 0.410 e. The molecule has 1 atom stereocenters. The molecular weight excluding hydrogens is 344 g/mol. The summed E-state index contributed by atoms with van der Waals surface area (Å²) in [6.45, 7) is 9.66. The lowest BCUT2D eigenvalue weighted by atomic mass is 10.0. The third kappa shape index (κ3) is 4.80. The Morgan fingerprint density at radius 2 is 2.12 bits per heavy atom. The first-order valence-electron chi connectivity index (χ1n) is 8.57. The number of hydrogen-bond acceptors (Lipinski definition) is 6. The lowest BCUT2D eigenvalue weighted by Crippen LogP contribution is -2.55. The predicted molar refractivity (Wildman–Crippen MR) is 93.4 cm³/mol. The van der Waals surface area contributed by atoms with Crippen molar-refractivity contribution in [3.63, 3.8) is 0 Å². The van der Waals surface area contributed by atoms with E-state index in [4.69, 9.17) is 21.1 Å². The molecule has 25 heavy (non-hydrogen) atoms. The lowest BCUT2D eigenvalue weighted by Gasteiger charge is -2.40. The molecule has 0 aromatic carbocycles. The van der Waals surface area contributed by atoms with E-state index in [2.05, 4.69) is 15.1 Å². The average Bonchev–Trinajstić information content (AvgIpc) is 2.90. The highest BCUT2D eigenvalue weighted by molar-refractivity contribution is 6.29. The molecular formula is C17H25ClN4O3. The van der Waals surface area contributed by atoms with Gasteiger partial charge in [0.05, 0.1) is 24.4 Å². The van der Waals surface area contributed by atoms with Gasteiger partial charge in [0.2, 0.25) is 0 Å². The first-order valence-corrected chi connectivity index (χ1v) is 8.95. The fourth-order valence-electron chi connectivity index (χ4n) is 3.29. The molecule has 1 unspecified atom stereocenters. The van der Waals surface area contributed by atoms with E-state index in [0.29, 0.717) is 31.4 Å². The van der Waals surface area contributed by atoms with Crippen LogP contribution in [0.2, 0.25) is 5.15 Å². The fraction of sp³-hybridized carbons (Fsp3) is 0.706. The number of hydrogen-bond donors (Lipinski definition) is 0. The molecule has 2 fully saturated rings. The van der Waals surface area contributed by atoms with E-state index >= 15 is 0 Å². The van der Waals surface area contributed by atoms with E-state index in [1.165, 1.54) is 0 Å². The Balaban J connectivity index is 1.59. The van der Waals surface area contributed by atoms with Gasteiger partial charge in [0.1, 0.15) is 5.60 Å². The normalized spacial score (nSPS) is 24.7. The van der Waals surface area contributed by atoms with Gasteiger partial charge >= 0.3 is 6.09 Å². The predicted octanol–water partition coefficient (Wildman–Crippen LogP) is 2.34. The number of nitrogens with zero attached hydrogens (tertiary/aromatic N) is 4. The van der Waals surface area contributed by atoms with Crippen molar-refractivity contribution < 1.29 is 14.3 Å². The Morgan fingerprint density at radius 1 is 1.32 bits per heavy atom. The van der Waals surface area contributed by atoms with Crippen molar-refractivity contribution in [2.75, 3.05) is 32.8 Å². The zero-order valence-electron chi connectivity index (χ0n) is 15.0. The van der Waals surface area contributed by atoms with Gasteiger partial charge in [0.25, 0.3) is 0 Å². The van der Waals surface area contributed by atoms with Gasteiger partial charge in [-0.25, -0.2) is 4.79 Å². The van der Waals surface area contributed by atoms with E-state index < -0.39 is 5.60 Å². The van der Waals surface area contributed by atoms with Crippen LogP contribution in [0.15, 0.2) is 12.1 Å². The van der Waals surface area contributed by atoms with Crippen molar-refractivity contribution in [2.45, 2.75) is 44.9 Å². The number of halogens is 1. The molecule has 8 heteroatoms. The minimum Gasteiger partial charge on any atom is -0.444 e. The standard InChI is InChI=1S/C17H25ClN4O3/c1-16(2,3)25-15(23)22-8-9-24-17(12-22)6-7-21(11-17)10-13-4-5-14(18)20-19-13/h4-5H,6-12H2,1-3H3. The van der Waals surface area contributed by atoms with Crippen LogP contribution in [0.4, 0.5) is 4.79 Å². The first-order chi connectivity index (χ1) is 11.7. The summed E-state index contributed by atoms with van der Waals surface area (Å²) in [5.41, 5.74) is 0.0632. The molecule has 3 rings (SSSR count). The third-order valence-electron chi connectivity index (χ3n) is 4.37. The number of likely N-dealkylation sites (tertiary alicyclic amines) is 1. The molecule has 0 saturated carbocycles. The molecule has 1 aromatic heterocycles. The van der Waals surface area contributed by atoms with Crippen molar-refractivity contribution in [3.05, 3.63) is 23.0 Å². The van der Waals surface area contributed by atoms with Crippen molar-refractivity contribution in [2.24, 2.45) is 0 Å². The minimum absolute atomic E-state index is 0.266. The summed E-state index contributed by atoms with van der Waals surface area (Å²) < 4.78 is 11.6. The third-order valence-corrected chi connectivity index (χ3v) is 4.57. The molecule has 138 valence electrons. The number of morpholine rings is 1. The number of amides is 1. The summed E-state index contributed by atoms with van der Waals surface area (Å²) >= 11 is 5.78. The second-order valence-electron chi connectivity index (χ2n) is 7.74. The quantitative estimate of drug-likeness (QED) is 0.798. The zero-order chi connectivity index (χ0) is 18.1. The fourth-order valence-corrected chi connectivity index (χ4v) is 3.39. The molecule has 0 bridgehead atoms. The molecule has 2 saturated heterocycles. The van der Waals surface area contributed by atoms with Crippen molar-refractivity contribution in [1.82, 2.24) is 20.0 Å². The van der Waals surface area contributed by atoms with Crippen LogP contribution >= 0.6 is 11.6 Å². The van der Waals surface area contributed by atoms with Gasteiger partial charge in [-0.1, -0.05) is 11.6 Å². The van der Waals surface area contributed by atoms with Crippen molar-refractivity contribution >= 4 is 17.7 Å². The Bertz CT molecular complexity index is 619. The molecule has 0 N–H and O–H groups in total. The zero-order valence-corrected chi connectivity index (χ0v) is 15.8. The highest BCUT2D eigenvalue weighted by Gasteiger charge is 2.44. The molecule has 0 aliphatic carbocycles. The molecule has 0 radical (unpaired) electrons. The summed E-state index contributed by atoms with van der Waals surface area (Å²) in [6, 6.07) is 3.63. The molecule has 3 heterocycles. The summed E-state index contributed by atoms with van der Waals surface area (Å²) in [4.78, 5) is 16.4. The van der Waals surface area contributed by atoms with Crippen LogP contribution in [0.1, 0.15) is 32.9 Å². The van der Waals surface area contributed by atoms with Crippen LogP contribution in [0.25, 0.3) is 0 Å². The number of aromatic nitrogens is 2. The Morgan fingerprint density at radius 3 is 2.80 bits per heavy atom. The number of rotatable bonds is 2. The van der Waals surface area contributed by atoms with Crippen LogP contribution in [0.3, 0.4) is 0 Å². The molecule has 1 spiro atoms. The van der Waals surface area contributed by atoms with Gasteiger partial charge in [-0.3, -0.25) is 4.90 Å². The molecule has 2 aliphatic rings. The second-order valence-corrected chi connectivity index (χ2v) is 8.13. The van der Waals surface area contributed by atoms with Gasteiger partial charge in [-0.05, 0) is 39.3 Å². The molecule has 7 nitrogen and oxygen atoms in total. The van der Waals surface area contributed by atoms with Crippen LogP contribution in [0.5, 0.6) is 0 Å². The first kappa shape index (κ1) is 18.4. The van der Waals surface area contributed by atoms with Crippen LogP contribution in [-0.2, 0) is 16.0 Å². The Kier molecular flexibility index (Phi) is 5.18. The Hall–Kier alpha value is -1.44. The molecule has 2 aliphatic heterocycles. The van der Waals surface area contributed by atoms with E-state index in [9.17, 15) is 4.79 Å². The average molecular weight is 369 g/mol. The minimum atomic E-state index is -0.489. The molecule has 1 aromatic rings. The number of carbonyl (C=O) groups is 1. The van der Waals surface area contributed by atoms with E-state index in [-0.39, 0.29) is 11.7 Å². The summed E-state index contributed by atoms with van der Waals surface area (Å²) in [7, 11) is 0. The lowest BCUT2D eigenvalue weighted by molar-refractivity contribution is -0.101. The highest BCUT2D eigenvalue weighted by Crippen LogP contribution is 2.30. The monoisotopic (exact) mass is 368 g/mol.